The minimum Gasteiger partial charge on any atom is -0.314 e. The minimum absolute atomic E-state index is 0.219. The number of rotatable bonds is 6. The molecular formula is C9H16N2O3. The van der Waals surface area contributed by atoms with Crippen LogP contribution in [-0.4, -0.2) is 36.2 Å². The SMILES string of the molecule is O=[N+]([O-])OCCCCN1CC=CCC1. The molecule has 1 aliphatic rings. The van der Waals surface area contributed by atoms with E-state index < -0.39 is 5.09 Å². The molecule has 14 heavy (non-hydrogen) atoms. The van der Waals surface area contributed by atoms with Crippen LogP contribution in [0.2, 0.25) is 0 Å². The zero-order valence-corrected chi connectivity index (χ0v) is 8.22. The van der Waals surface area contributed by atoms with Crippen LogP contribution in [0.1, 0.15) is 19.3 Å². The zero-order valence-electron chi connectivity index (χ0n) is 8.22. The van der Waals surface area contributed by atoms with Crippen molar-refractivity contribution in [2.24, 2.45) is 0 Å². The van der Waals surface area contributed by atoms with Gasteiger partial charge in [0.25, 0.3) is 5.09 Å². The first-order chi connectivity index (χ1) is 6.79. The Labute approximate surface area is 83.4 Å². The van der Waals surface area contributed by atoms with Gasteiger partial charge in [0.15, 0.2) is 0 Å². The van der Waals surface area contributed by atoms with Crippen LogP contribution in [0.5, 0.6) is 0 Å². The predicted molar refractivity (Wildman–Crippen MR) is 52.4 cm³/mol. The molecule has 0 atom stereocenters. The maximum atomic E-state index is 9.83. The summed E-state index contributed by atoms with van der Waals surface area (Å²) >= 11 is 0. The third-order valence-corrected chi connectivity index (χ3v) is 2.21. The molecule has 0 bridgehead atoms. The summed E-state index contributed by atoms with van der Waals surface area (Å²) in [4.78, 5) is 16.4. The van der Waals surface area contributed by atoms with E-state index in [2.05, 4.69) is 21.9 Å². The van der Waals surface area contributed by atoms with Gasteiger partial charge in [0.1, 0.15) is 0 Å². The van der Waals surface area contributed by atoms with Crippen LogP contribution < -0.4 is 0 Å². The Hall–Kier alpha value is -1.10. The van der Waals surface area contributed by atoms with E-state index >= 15 is 0 Å². The molecule has 5 heteroatoms. The van der Waals surface area contributed by atoms with E-state index in [1.54, 1.807) is 0 Å². The lowest BCUT2D eigenvalue weighted by atomic mass is 10.2. The molecule has 5 nitrogen and oxygen atoms in total. The van der Waals surface area contributed by atoms with Gasteiger partial charge in [-0.2, -0.15) is 0 Å². The summed E-state index contributed by atoms with van der Waals surface area (Å²) in [5.74, 6) is 0. The number of hydrogen-bond acceptors (Lipinski definition) is 4. The van der Waals surface area contributed by atoms with Crippen molar-refractivity contribution in [3.05, 3.63) is 22.3 Å². The smallest absolute Gasteiger partial charge is 0.294 e. The molecule has 0 spiro atoms. The van der Waals surface area contributed by atoms with Crippen molar-refractivity contribution in [3.8, 4) is 0 Å². The van der Waals surface area contributed by atoms with Gasteiger partial charge in [0.2, 0.25) is 0 Å². The average molecular weight is 200 g/mol. The molecular weight excluding hydrogens is 184 g/mol. The first-order valence-electron chi connectivity index (χ1n) is 4.93. The van der Waals surface area contributed by atoms with E-state index in [1.165, 1.54) is 0 Å². The van der Waals surface area contributed by atoms with Crippen LogP contribution in [-0.2, 0) is 4.84 Å². The lowest BCUT2D eigenvalue weighted by Gasteiger charge is -2.22. The van der Waals surface area contributed by atoms with Gasteiger partial charge in [-0.05, 0) is 25.8 Å². The van der Waals surface area contributed by atoms with E-state index in [9.17, 15) is 10.1 Å². The lowest BCUT2D eigenvalue weighted by molar-refractivity contribution is -0.757. The highest BCUT2D eigenvalue weighted by molar-refractivity contribution is 4.90. The number of nitrogens with zero attached hydrogens (tertiary/aromatic N) is 2. The van der Waals surface area contributed by atoms with Crippen LogP contribution in [0.15, 0.2) is 12.2 Å². The van der Waals surface area contributed by atoms with Crippen LogP contribution >= 0.6 is 0 Å². The maximum absolute atomic E-state index is 9.83. The second-order valence-corrected chi connectivity index (χ2v) is 3.32. The van der Waals surface area contributed by atoms with E-state index in [-0.39, 0.29) is 6.61 Å². The Morgan fingerprint density at radius 2 is 2.29 bits per heavy atom. The van der Waals surface area contributed by atoms with Gasteiger partial charge in [-0.15, -0.1) is 10.1 Å². The first-order valence-corrected chi connectivity index (χ1v) is 4.93. The van der Waals surface area contributed by atoms with E-state index in [4.69, 9.17) is 0 Å². The molecule has 1 heterocycles. The van der Waals surface area contributed by atoms with Crippen molar-refractivity contribution in [1.29, 1.82) is 0 Å². The van der Waals surface area contributed by atoms with Gasteiger partial charge >= 0.3 is 0 Å². The fourth-order valence-corrected chi connectivity index (χ4v) is 1.47. The molecule has 0 unspecified atom stereocenters. The highest BCUT2D eigenvalue weighted by atomic mass is 16.9. The van der Waals surface area contributed by atoms with Crippen molar-refractivity contribution < 1.29 is 9.92 Å². The zero-order chi connectivity index (χ0) is 10.2. The monoisotopic (exact) mass is 200 g/mol. The summed E-state index contributed by atoms with van der Waals surface area (Å²) < 4.78 is 0. The molecule has 0 aromatic rings. The quantitative estimate of drug-likeness (QED) is 0.280. The molecule has 0 radical (unpaired) electrons. The van der Waals surface area contributed by atoms with Crippen molar-refractivity contribution >= 4 is 0 Å². The molecule has 80 valence electrons. The molecule has 0 saturated carbocycles. The summed E-state index contributed by atoms with van der Waals surface area (Å²) in [5.41, 5.74) is 0. The Kier molecular flexibility index (Phi) is 4.99. The van der Waals surface area contributed by atoms with Gasteiger partial charge in [-0.1, -0.05) is 12.2 Å². The molecule has 1 aliphatic heterocycles. The largest absolute Gasteiger partial charge is 0.314 e. The average Bonchev–Trinajstić information content (AvgIpc) is 2.18. The van der Waals surface area contributed by atoms with E-state index in [1.807, 2.05) is 0 Å². The summed E-state index contributed by atoms with van der Waals surface area (Å²) in [7, 11) is 0. The fourth-order valence-electron chi connectivity index (χ4n) is 1.47. The Morgan fingerprint density at radius 3 is 2.93 bits per heavy atom. The molecule has 1 rings (SSSR count). The van der Waals surface area contributed by atoms with E-state index in [0.717, 1.165) is 38.9 Å². The molecule has 0 aliphatic carbocycles. The molecule has 0 N–H and O–H groups in total. The minimum atomic E-state index is -0.733. The molecule has 0 fully saturated rings. The van der Waals surface area contributed by atoms with Crippen molar-refractivity contribution in [2.45, 2.75) is 19.3 Å². The number of unbranched alkanes of at least 4 members (excludes halogenated alkanes) is 1. The molecule has 0 aromatic carbocycles. The van der Waals surface area contributed by atoms with Crippen molar-refractivity contribution in [2.75, 3.05) is 26.2 Å². The second kappa shape index (κ2) is 6.37. The standard InChI is InChI=1S/C9H16N2O3/c12-11(13)14-9-5-4-8-10-6-2-1-3-7-10/h1-2H,3-9H2. The van der Waals surface area contributed by atoms with Crippen LogP contribution in [0.4, 0.5) is 0 Å². The first kappa shape index (κ1) is 11.0. The van der Waals surface area contributed by atoms with E-state index in [0.29, 0.717) is 0 Å². The molecule has 0 saturated heterocycles. The molecule has 0 aromatic heterocycles. The third-order valence-electron chi connectivity index (χ3n) is 2.21. The second-order valence-electron chi connectivity index (χ2n) is 3.32. The highest BCUT2D eigenvalue weighted by Crippen LogP contribution is 2.03. The van der Waals surface area contributed by atoms with Crippen LogP contribution in [0, 0.1) is 10.1 Å². The summed E-state index contributed by atoms with van der Waals surface area (Å²) in [5, 5.41) is 9.10. The summed E-state index contributed by atoms with van der Waals surface area (Å²) in [6.07, 6.45) is 7.18. The van der Waals surface area contributed by atoms with Gasteiger partial charge in [0.05, 0.1) is 6.61 Å². The predicted octanol–water partition coefficient (Wildman–Crippen LogP) is 1.24. The van der Waals surface area contributed by atoms with Crippen molar-refractivity contribution in [1.82, 2.24) is 4.90 Å². The van der Waals surface area contributed by atoms with Gasteiger partial charge in [-0.3, -0.25) is 4.90 Å². The topological polar surface area (TPSA) is 55.6 Å². The number of hydrogen-bond donors (Lipinski definition) is 0. The molecule has 0 amide bonds. The summed E-state index contributed by atoms with van der Waals surface area (Å²) in [6.45, 7) is 3.34. The lowest BCUT2D eigenvalue weighted by Crippen LogP contribution is -2.28. The third kappa shape index (κ3) is 4.81. The fraction of sp³-hybridized carbons (Fsp3) is 0.778. The van der Waals surface area contributed by atoms with Crippen LogP contribution in [0.3, 0.4) is 0 Å². The van der Waals surface area contributed by atoms with Crippen molar-refractivity contribution in [3.63, 3.8) is 0 Å². The Morgan fingerprint density at radius 1 is 1.43 bits per heavy atom. The Bertz CT molecular complexity index is 206. The Balaban J connectivity index is 1.93. The van der Waals surface area contributed by atoms with Gasteiger partial charge < -0.3 is 4.84 Å². The van der Waals surface area contributed by atoms with Crippen LogP contribution in [0.25, 0.3) is 0 Å². The highest BCUT2D eigenvalue weighted by Gasteiger charge is 2.04. The summed E-state index contributed by atoms with van der Waals surface area (Å²) in [6, 6.07) is 0. The normalized spacial score (nSPS) is 16.9. The van der Waals surface area contributed by atoms with Gasteiger partial charge in [-0.25, -0.2) is 0 Å². The van der Waals surface area contributed by atoms with Gasteiger partial charge in [0, 0.05) is 13.1 Å². The maximum Gasteiger partial charge on any atom is 0.294 e.